The average molecular weight is 278 g/mol. The summed E-state index contributed by atoms with van der Waals surface area (Å²) < 4.78 is 13.5. The van der Waals surface area contributed by atoms with E-state index in [1.54, 1.807) is 24.5 Å². The van der Waals surface area contributed by atoms with Crippen molar-refractivity contribution in [1.82, 2.24) is 9.97 Å². The molecule has 4 nitrogen and oxygen atoms in total. The van der Waals surface area contributed by atoms with Gasteiger partial charge in [0, 0.05) is 29.8 Å². The van der Waals surface area contributed by atoms with Gasteiger partial charge < -0.3 is 10.1 Å². The summed E-state index contributed by atoms with van der Waals surface area (Å²) in [5.41, 5.74) is 1.16. The van der Waals surface area contributed by atoms with Crippen LogP contribution in [0.1, 0.15) is 11.1 Å². The summed E-state index contributed by atoms with van der Waals surface area (Å²) in [5, 5.41) is 9.32. The lowest BCUT2D eigenvalue weighted by molar-refractivity contribution is -0.131. The second-order valence-electron chi connectivity index (χ2n) is 3.71. The van der Waals surface area contributed by atoms with E-state index >= 15 is 0 Å². The molecule has 0 aliphatic heterocycles. The Hall–Kier alpha value is -2.08. The summed E-state index contributed by atoms with van der Waals surface area (Å²) in [6, 6.07) is 4.63. The van der Waals surface area contributed by atoms with Gasteiger partial charge in [-0.2, -0.15) is 0 Å². The molecule has 2 aromatic rings. The fourth-order valence-corrected chi connectivity index (χ4v) is 2.22. The zero-order valence-electron chi connectivity index (χ0n) is 9.84. The second-order valence-corrected chi connectivity index (χ2v) is 4.67. The zero-order chi connectivity index (χ0) is 13.7. The highest BCUT2D eigenvalue weighted by Gasteiger charge is 2.03. The molecule has 0 aliphatic carbocycles. The molecule has 1 heterocycles. The Morgan fingerprint density at radius 2 is 2.37 bits per heavy atom. The van der Waals surface area contributed by atoms with Gasteiger partial charge in [0.25, 0.3) is 0 Å². The highest BCUT2D eigenvalue weighted by molar-refractivity contribution is 7.98. The highest BCUT2D eigenvalue weighted by atomic mass is 32.2. The number of hydrogen-bond acceptors (Lipinski definition) is 3. The number of hydrogen-bond donors (Lipinski definition) is 2. The third-order valence-electron chi connectivity index (χ3n) is 2.31. The summed E-state index contributed by atoms with van der Waals surface area (Å²) in [4.78, 5) is 17.5. The number of imidazole rings is 1. The molecular formula is C13H11FN2O2S. The summed E-state index contributed by atoms with van der Waals surface area (Å²) in [6.45, 7) is 0. The molecule has 98 valence electrons. The Morgan fingerprint density at radius 1 is 1.53 bits per heavy atom. The van der Waals surface area contributed by atoms with Crippen molar-refractivity contribution in [2.24, 2.45) is 0 Å². The maximum Gasteiger partial charge on any atom is 0.328 e. The number of thioether (sulfide) groups is 1. The van der Waals surface area contributed by atoms with Crippen LogP contribution in [-0.2, 0) is 10.5 Å². The lowest BCUT2D eigenvalue weighted by atomic mass is 10.1. The lowest BCUT2D eigenvalue weighted by Crippen LogP contribution is -1.90. The fraction of sp³-hybridized carbons (Fsp3) is 0.0769. The molecule has 6 heteroatoms. The average Bonchev–Trinajstić information content (AvgIpc) is 2.89. The summed E-state index contributed by atoms with van der Waals surface area (Å²) in [5.74, 6) is -0.916. The third kappa shape index (κ3) is 3.96. The molecule has 0 radical (unpaired) electrons. The molecule has 0 saturated heterocycles. The van der Waals surface area contributed by atoms with Crippen LogP contribution in [0.25, 0.3) is 6.08 Å². The first-order valence-electron chi connectivity index (χ1n) is 5.47. The van der Waals surface area contributed by atoms with Crippen molar-refractivity contribution in [1.29, 1.82) is 0 Å². The monoisotopic (exact) mass is 278 g/mol. The first-order chi connectivity index (χ1) is 9.15. The Kier molecular flexibility index (Phi) is 4.35. The smallest absolute Gasteiger partial charge is 0.328 e. The molecule has 0 saturated carbocycles. The number of aromatic nitrogens is 2. The molecule has 0 aliphatic rings. The number of nitrogens with zero attached hydrogens (tertiary/aromatic N) is 1. The van der Waals surface area contributed by atoms with Crippen LogP contribution in [0.5, 0.6) is 0 Å². The number of rotatable bonds is 5. The molecule has 0 amide bonds. The van der Waals surface area contributed by atoms with Crippen molar-refractivity contribution in [2.45, 2.75) is 10.9 Å². The van der Waals surface area contributed by atoms with Gasteiger partial charge >= 0.3 is 5.97 Å². The number of benzene rings is 1. The van der Waals surface area contributed by atoms with Gasteiger partial charge in [-0.1, -0.05) is 17.8 Å². The number of carbonyl (C=O) groups is 1. The number of carboxylic acids is 1. The number of aliphatic carboxylic acids is 1. The van der Waals surface area contributed by atoms with Crippen molar-refractivity contribution in [3.63, 3.8) is 0 Å². The fourth-order valence-electron chi connectivity index (χ4n) is 1.45. The van der Waals surface area contributed by atoms with Crippen LogP contribution < -0.4 is 0 Å². The van der Waals surface area contributed by atoms with Crippen molar-refractivity contribution < 1.29 is 14.3 Å². The molecule has 1 aromatic carbocycles. The molecule has 0 unspecified atom stereocenters. The van der Waals surface area contributed by atoms with Gasteiger partial charge in [0.1, 0.15) is 5.82 Å². The number of nitrogens with one attached hydrogen (secondary N) is 1. The first kappa shape index (κ1) is 13.4. The molecular weight excluding hydrogens is 267 g/mol. The maximum atomic E-state index is 13.5. The van der Waals surface area contributed by atoms with E-state index in [-0.39, 0.29) is 5.56 Å². The van der Waals surface area contributed by atoms with Crippen LogP contribution in [0.3, 0.4) is 0 Å². The first-order valence-corrected chi connectivity index (χ1v) is 6.45. The van der Waals surface area contributed by atoms with E-state index in [9.17, 15) is 9.18 Å². The topological polar surface area (TPSA) is 66.0 Å². The van der Waals surface area contributed by atoms with Crippen LogP contribution in [0, 0.1) is 5.82 Å². The van der Waals surface area contributed by atoms with Gasteiger partial charge in [0.05, 0.1) is 0 Å². The second kappa shape index (κ2) is 6.19. The van der Waals surface area contributed by atoms with E-state index in [0.29, 0.717) is 5.75 Å². The number of H-pyrrole nitrogens is 1. The Bertz CT molecular complexity index is 597. The molecule has 1 aromatic heterocycles. The van der Waals surface area contributed by atoms with Crippen LogP contribution in [0.15, 0.2) is 41.8 Å². The number of halogens is 1. The van der Waals surface area contributed by atoms with Gasteiger partial charge in [-0.15, -0.1) is 0 Å². The van der Waals surface area contributed by atoms with Crippen molar-refractivity contribution >= 4 is 23.8 Å². The Balaban J connectivity index is 2.09. The summed E-state index contributed by atoms with van der Waals surface area (Å²) >= 11 is 1.49. The predicted octanol–water partition coefficient (Wildman–Crippen LogP) is 2.94. The van der Waals surface area contributed by atoms with Crippen LogP contribution in [0.2, 0.25) is 0 Å². The van der Waals surface area contributed by atoms with Crippen molar-refractivity contribution in [2.75, 3.05) is 0 Å². The molecule has 0 spiro atoms. The third-order valence-corrected chi connectivity index (χ3v) is 3.29. The number of aromatic amines is 1. The van der Waals surface area contributed by atoms with Crippen molar-refractivity contribution in [3.8, 4) is 0 Å². The number of carboxylic acid groups (broad SMARTS) is 1. The standard InChI is InChI=1S/C13H11FN2O2S/c14-11-3-1-9(7-10(11)2-4-12(17)18)8-19-13-15-5-6-16-13/h1-7H,8H2,(H,15,16)(H,17,18)/b4-2+. The SMILES string of the molecule is O=C(O)/C=C/c1cc(CSc2ncc[nH]2)ccc1F. The molecule has 2 rings (SSSR count). The lowest BCUT2D eigenvalue weighted by Gasteiger charge is -2.02. The van der Waals surface area contributed by atoms with E-state index in [1.165, 1.54) is 23.9 Å². The minimum absolute atomic E-state index is 0.264. The minimum Gasteiger partial charge on any atom is -0.478 e. The Morgan fingerprint density at radius 3 is 3.05 bits per heavy atom. The summed E-state index contributed by atoms with van der Waals surface area (Å²) in [7, 11) is 0. The molecule has 0 bridgehead atoms. The highest BCUT2D eigenvalue weighted by Crippen LogP contribution is 2.21. The van der Waals surface area contributed by atoms with Crippen LogP contribution in [0.4, 0.5) is 4.39 Å². The largest absolute Gasteiger partial charge is 0.478 e. The minimum atomic E-state index is -1.10. The normalized spacial score (nSPS) is 11.0. The van der Waals surface area contributed by atoms with E-state index < -0.39 is 11.8 Å². The Labute approximate surface area is 113 Å². The van der Waals surface area contributed by atoms with Gasteiger partial charge in [-0.25, -0.2) is 14.2 Å². The molecule has 0 fully saturated rings. The predicted molar refractivity (Wildman–Crippen MR) is 71.2 cm³/mol. The summed E-state index contributed by atoms with van der Waals surface area (Å²) in [6.07, 6.45) is 5.56. The van der Waals surface area contributed by atoms with E-state index in [2.05, 4.69) is 9.97 Å². The quantitative estimate of drug-likeness (QED) is 0.652. The van der Waals surface area contributed by atoms with Gasteiger partial charge in [-0.3, -0.25) is 0 Å². The zero-order valence-corrected chi connectivity index (χ0v) is 10.7. The van der Waals surface area contributed by atoms with Gasteiger partial charge in [0.2, 0.25) is 0 Å². The van der Waals surface area contributed by atoms with Gasteiger partial charge in [-0.05, 0) is 23.8 Å². The molecule has 0 atom stereocenters. The van der Waals surface area contributed by atoms with Gasteiger partial charge in [0.15, 0.2) is 5.16 Å². The van der Waals surface area contributed by atoms with E-state index in [0.717, 1.165) is 16.8 Å². The van der Waals surface area contributed by atoms with Crippen LogP contribution >= 0.6 is 11.8 Å². The van der Waals surface area contributed by atoms with E-state index in [4.69, 9.17) is 5.11 Å². The van der Waals surface area contributed by atoms with E-state index in [1.807, 2.05) is 0 Å². The maximum absolute atomic E-state index is 13.5. The van der Waals surface area contributed by atoms with Crippen LogP contribution in [-0.4, -0.2) is 21.0 Å². The molecule has 19 heavy (non-hydrogen) atoms. The van der Waals surface area contributed by atoms with Crippen molar-refractivity contribution in [3.05, 3.63) is 53.6 Å². The molecule has 2 N–H and O–H groups in total.